The van der Waals surface area contributed by atoms with Gasteiger partial charge in [-0.25, -0.2) is 0 Å². The monoisotopic (exact) mass is 1800 g/mol. The van der Waals surface area contributed by atoms with Crippen LogP contribution in [-0.4, -0.2) is 174 Å². The molecule has 0 radical (unpaired) electrons. The fourth-order valence-corrected chi connectivity index (χ4v) is 25.6. The van der Waals surface area contributed by atoms with Crippen LogP contribution in [0.2, 0.25) is 0 Å². The summed E-state index contributed by atoms with van der Waals surface area (Å²) in [5.41, 5.74) is 0. The first-order chi connectivity index (χ1) is 56.0. The van der Waals surface area contributed by atoms with E-state index in [1.807, 2.05) is 55.4 Å². The lowest BCUT2D eigenvalue weighted by Gasteiger charge is -2.22. The molecule has 0 aromatic carbocycles. The van der Waals surface area contributed by atoms with Gasteiger partial charge in [-0.2, -0.15) is 0 Å². The van der Waals surface area contributed by atoms with Crippen LogP contribution in [0, 0.1) is 0 Å². The van der Waals surface area contributed by atoms with Crippen molar-refractivity contribution in [1.82, 2.24) is 0 Å². The number of esters is 4. The van der Waals surface area contributed by atoms with E-state index in [4.69, 9.17) is 0 Å². The molecule has 0 saturated carbocycles. The van der Waals surface area contributed by atoms with Crippen molar-refractivity contribution in [3.05, 3.63) is 0 Å². The molecule has 16 nitrogen and oxygen atoms in total. The molecule has 0 aromatic heterocycles. The quantitative estimate of drug-likeness (QED) is 0.0312. The molecule has 0 aliphatic heterocycles. The Morgan fingerprint density at radius 3 is 0.509 bits per heavy atom. The highest BCUT2D eigenvalue weighted by Gasteiger charge is 2.27. The number of carbonyl (C=O) groups is 4. The maximum Gasteiger partial charge on any atom is 0.305 e. The van der Waals surface area contributed by atoms with Crippen LogP contribution in [0.25, 0.3) is 0 Å². The highest BCUT2D eigenvalue weighted by atomic mass is 32.2. The second kappa shape index (κ2) is 90.3. The van der Waals surface area contributed by atoms with Crippen LogP contribution in [0.5, 0.6) is 0 Å². The number of methoxy groups -OCH3 is 4. The molecule has 16 atom stereocenters. The standard InChI is InChI=1S/4C23H46O4S2/c1-5-8-13-16-21(28(25)6-2)19-20-22(29(26)7-3)17-14-11-9-10-12-15-18-23(24)27-4;1-5-8-12-16-21(28(25)6-2)18-15-19-22(29(26)7-3)17-13-10-9-11-14-20-23(24)27-4;1-5-8-9-14-17-21(28(25)6-2)20-22(29(26)7-3)18-15-12-10-11-13-16-19-23(24)27-4;1-5-8-9-13-16-21(28(25)6-2)19-20-22(29(26)7-3)17-14-11-10-12-15-18-23(24)27-4/h4*21-22H,5-20H2,1-4H3. The van der Waals surface area contributed by atoms with Crippen molar-refractivity contribution in [3.8, 4) is 0 Å². The number of hydrogen-bond acceptors (Lipinski definition) is 16. The topological polar surface area (TPSA) is 242 Å². The maximum atomic E-state index is 12.6. The molecule has 0 spiro atoms. The normalized spacial score (nSPS) is 15.6. The highest BCUT2D eigenvalue weighted by molar-refractivity contribution is 7.87. The average molecular weight is 1800 g/mol. The third-order valence-corrected chi connectivity index (χ3v) is 36.7. The lowest BCUT2D eigenvalue weighted by atomic mass is 10.0. The number of carbonyl (C=O) groups excluding carboxylic acids is 4. The van der Waals surface area contributed by atoms with Gasteiger partial charge in [0.15, 0.2) is 0 Å². The Balaban J connectivity index is -0.000000721. The second-order valence-electron chi connectivity index (χ2n) is 31.6. The molecule has 0 aromatic rings. The Hall–Kier alpha value is -0.920. The average Bonchev–Trinajstić information content (AvgIpc) is 0.902. The number of rotatable bonds is 80. The maximum absolute atomic E-state index is 12.6. The van der Waals surface area contributed by atoms with Gasteiger partial charge in [0.2, 0.25) is 0 Å². The van der Waals surface area contributed by atoms with Crippen molar-refractivity contribution in [3.63, 3.8) is 0 Å². The Bertz CT molecular complexity index is 2470. The van der Waals surface area contributed by atoms with Gasteiger partial charge < -0.3 is 18.9 Å². The van der Waals surface area contributed by atoms with Gasteiger partial charge in [0.1, 0.15) is 0 Å². The van der Waals surface area contributed by atoms with Gasteiger partial charge in [0, 0.05) is 200 Å². The van der Waals surface area contributed by atoms with Crippen LogP contribution >= 0.6 is 0 Å². The van der Waals surface area contributed by atoms with Crippen LogP contribution in [0.4, 0.5) is 0 Å². The van der Waals surface area contributed by atoms with E-state index in [2.05, 4.69) is 46.6 Å². The molecule has 16 unspecified atom stereocenters. The Labute approximate surface area is 735 Å². The minimum Gasteiger partial charge on any atom is -0.469 e. The van der Waals surface area contributed by atoms with Gasteiger partial charge in [0.25, 0.3) is 0 Å². The summed E-state index contributed by atoms with van der Waals surface area (Å²) in [4.78, 5) is 44.4. The molecule has 0 saturated heterocycles. The van der Waals surface area contributed by atoms with E-state index in [1.165, 1.54) is 105 Å². The summed E-state index contributed by atoms with van der Waals surface area (Å²) in [5.74, 6) is 5.27. The van der Waals surface area contributed by atoms with Crippen molar-refractivity contribution < 1.29 is 71.8 Å². The zero-order valence-electron chi connectivity index (χ0n) is 77.7. The number of unbranched alkanes of at least 4 members (excludes halogenated alkanes) is 28. The van der Waals surface area contributed by atoms with Crippen molar-refractivity contribution >= 4 is 110 Å². The Kier molecular flexibility index (Phi) is 94.5. The first-order valence-electron chi connectivity index (χ1n) is 47.2. The molecule has 0 aliphatic carbocycles. The summed E-state index contributed by atoms with van der Waals surface area (Å²) in [6.07, 6.45) is 58.4. The van der Waals surface area contributed by atoms with Crippen LogP contribution in [0.3, 0.4) is 0 Å². The van der Waals surface area contributed by atoms with Gasteiger partial charge in [-0.1, -0.05) is 295 Å². The number of ether oxygens (including phenoxy) is 4. The van der Waals surface area contributed by atoms with E-state index >= 15 is 0 Å². The minimum absolute atomic E-state index is 0.119. The Morgan fingerprint density at radius 2 is 0.319 bits per heavy atom. The third-order valence-electron chi connectivity index (χ3n) is 22.5. The molecule has 696 valence electrons. The fraction of sp³-hybridized carbons (Fsp3) is 0.957. The molecule has 0 bridgehead atoms. The predicted octanol–water partition coefficient (Wildman–Crippen LogP) is 23.7. The van der Waals surface area contributed by atoms with Gasteiger partial charge in [0.05, 0.1) is 28.4 Å². The molecule has 0 N–H and O–H groups in total. The van der Waals surface area contributed by atoms with Crippen LogP contribution in [-0.2, 0) is 125 Å². The summed E-state index contributed by atoms with van der Waals surface area (Å²) in [6.45, 7) is 24.9. The van der Waals surface area contributed by atoms with E-state index < -0.39 is 86.4 Å². The minimum atomic E-state index is -0.815. The second-order valence-corrected chi connectivity index (χ2v) is 47.6. The molecule has 116 heavy (non-hydrogen) atoms. The zero-order chi connectivity index (χ0) is 87.6. The van der Waals surface area contributed by atoms with Crippen LogP contribution in [0.1, 0.15) is 443 Å². The van der Waals surface area contributed by atoms with Gasteiger partial charge in [-0.15, -0.1) is 0 Å². The van der Waals surface area contributed by atoms with E-state index in [0.29, 0.717) is 48.2 Å². The summed E-state index contributed by atoms with van der Waals surface area (Å²) < 4.78 is 119. The largest absolute Gasteiger partial charge is 0.469 e. The van der Waals surface area contributed by atoms with Crippen LogP contribution < -0.4 is 0 Å². The van der Waals surface area contributed by atoms with Crippen molar-refractivity contribution in [2.24, 2.45) is 0 Å². The predicted molar refractivity (Wildman–Crippen MR) is 509 cm³/mol. The Morgan fingerprint density at radius 1 is 0.181 bits per heavy atom. The van der Waals surface area contributed by atoms with E-state index in [0.717, 1.165) is 286 Å². The zero-order valence-corrected chi connectivity index (χ0v) is 84.2. The highest BCUT2D eigenvalue weighted by Crippen LogP contribution is 2.28. The smallest absolute Gasteiger partial charge is 0.305 e. The molecule has 0 heterocycles. The molecular weight excluding hydrogens is 1620 g/mol. The van der Waals surface area contributed by atoms with E-state index in [-0.39, 0.29) is 60.6 Å². The molecule has 0 rings (SSSR count). The van der Waals surface area contributed by atoms with E-state index in [1.54, 1.807) is 0 Å². The molecule has 0 amide bonds. The van der Waals surface area contributed by atoms with Gasteiger partial charge in [-0.05, 0) is 122 Å². The molecular formula is C92H184O16S8. The lowest BCUT2D eigenvalue weighted by Crippen LogP contribution is -2.27. The molecule has 0 fully saturated rings. The molecule has 24 heteroatoms. The third kappa shape index (κ3) is 73.4. The lowest BCUT2D eigenvalue weighted by molar-refractivity contribution is -0.141. The number of hydrogen-bond donors (Lipinski definition) is 0. The summed E-state index contributed by atoms with van der Waals surface area (Å²) >= 11 is 0. The summed E-state index contributed by atoms with van der Waals surface area (Å²) in [7, 11) is -0.401. The van der Waals surface area contributed by atoms with Gasteiger partial charge in [-0.3, -0.25) is 52.8 Å². The first kappa shape index (κ1) is 121. The van der Waals surface area contributed by atoms with Crippen LogP contribution in [0.15, 0.2) is 0 Å². The summed E-state index contributed by atoms with van der Waals surface area (Å²) in [5, 5.41) is 2.02. The van der Waals surface area contributed by atoms with E-state index in [9.17, 15) is 52.8 Å². The fourth-order valence-electron chi connectivity index (χ4n) is 14.9. The SMILES string of the molecule is CCCCCC(CCC(CCCCCCCCC(=O)OC)S(=O)CC)S(=O)CC.CCCCCC(CCCC(CCCCCCCC(=O)OC)S(=O)CC)S(=O)CC.CCCCCCC(CC(CCCCCCCCC(=O)OC)S(=O)CC)S(=O)CC.CCCCCCC(CCC(CCCCCCCC(=O)OC)S(=O)CC)S(=O)CC. The van der Waals surface area contributed by atoms with Gasteiger partial charge >= 0.3 is 23.9 Å². The summed E-state index contributed by atoms with van der Waals surface area (Å²) in [6, 6.07) is 0. The van der Waals surface area contributed by atoms with Crippen molar-refractivity contribution in [2.45, 2.75) is 485 Å². The first-order valence-corrected chi connectivity index (χ1v) is 58.3. The molecule has 0 aliphatic rings. The van der Waals surface area contributed by atoms with Crippen molar-refractivity contribution in [1.29, 1.82) is 0 Å². The van der Waals surface area contributed by atoms with Crippen molar-refractivity contribution in [2.75, 3.05) is 74.5 Å².